The van der Waals surface area contributed by atoms with Crippen LogP contribution >= 0.6 is 0 Å². The Labute approximate surface area is 212 Å². The van der Waals surface area contributed by atoms with Crippen LogP contribution in [-0.4, -0.2) is 53.4 Å². The molecule has 190 valence electrons. The molecular formula is C30H34O6. The zero-order valence-corrected chi connectivity index (χ0v) is 20.3. The molecule has 0 aromatic heterocycles. The van der Waals surface area contributed by atoms with Gasteiger partial charge < -0.3 is 29.2 Å². The van der Waals surface area contributed by atoms with Crippen molar-refractivity contribution in [3.63, 3.8) is 0 Å². The number of aliphatic hydroxyl groups is 2. The lowest BCUT2D eigenvalue weighted by molar-refractivity contribution is -0.270. The molecule has 6 atom stereocenters. The molecule has 0 saturated heterocycles. The van der Waals surface area contributed by atoms with Gasteiger partial charge in [0.15, 0.2) is 0 Å². The van der Waals surface area contributed by atoms with Crippen molar-refractivity contribution in [2.24, 2.45) is 0 Å². The van der Waals surface area contributed by atoms with Crippen LogP contribution in [0.1, 0.15) is 16.7 Å². The maximum atomic E-state index is 11.1. The van der Waals surface area contributed by atoms with Crippen LogP contribution in [0.5, 0.6) is 0 Å². The van der Waals surface area contributed by atoms with E-state index in [-0.39, 0.29) is 13.2 Å². The molecule has 0 radical (unpaired) electrons. The van der Waals surface area contributed by atoms with Gasteiger partial charge in [-0.3, -0.25) is 0 Å². The Bertz CT molecular complexity index is 1030. The largest absolute Gasteiger partial charge is 0.387 e. The zero-order chi connectivity index (χ0) is 25.2. The average molecular weight is 491 g/mol. The molecule has 0 heterocycles. The maximum absolute atomic E-state index is 11.1. The van der Waals surface area contributed by atoms with Crippen LogP contribution < -0.4 is 0 Å². The third-order valence-electron chi connectivity index (χ3n) is 6.26. The van der Waals surface area contributed by atoms with Crippen molar-refractivity contribution in [3.05, 3.63) is 120 Å². The van der Waals surface area contributed by atoms with Crippen LogP contribution in [-0.2, 0) is 38.8 Å². The van der Waals surface area contributed by atoms with Gasteiger partial charge in [-0.15, -0.1) is 6.58 Å². The van der Waals surface area contributed by atoms with Crippen molar-refractivity contribution < 1.29 is 29.2 Å². The van der Waals surface area contributed by atoms with Gasteiger partial charge >= 0.3 is 0 Å². The molecule has 1 aliphatic carbocycles. The summed E-state index contributed by atoms with van der Waals surface area (Å²) in [5.74, 6) is 0. The van der Waals surface area contributed by atoms with Crippen LogP contribution in [0.15, 0.2) is 104 Å². The summed E-state index contributed by atoms with van der Waals surface area (Å²) in [7, 11) is 0. The summed E-state index contributed by atoms with van der Waals surface area (Å²) in [5.41, 5.74) is 2.90. The number of benzene rings is 3. The standard InChI is InChI=1S/C30H34O6/c1-2-18-33-27-25(31)26(32)28(34-19-22-12-6-3-7-13-22)30(36-21-24-16-10-5-11-17-24)29(27)35-20-23-14-8-4-9-15-23/h2-17,25-32H,1,18-21H2/t25-,26+,27-,28+,29-,30+/m1/s1. The van der Waals surface area contributed by atoms with E-state index < -0.39 is 36.6 Å². The number of hydrogen-bond acceptors (Lipinski definition) is 6. The molecule has 0 bridgehead atoms. The summed E-state index contributed by atoms with van der Waals surface area (Å²) >= 11 is 0. The van der Waals surface area contributed by atoms with Crippen LogP contribution in [0.4, 0.5) is 0 Å². The quantitative estimate of drug-likeness (QED) is 0.373. The second-order valence-electron chi connectivity index (χ2n) is 8.85. The molecule has 1 aliphatic rings. The van der Waals surface area contributed by atoms with Crippen LogP contribution in [0.2, 0.25) is 0 Å². The number of ether oxygens (including phenoxy) is 4. The Kier molecular flexibility index (Phi) is 9.81. The average Bonchev–Trinajstić information content (AvgIpc) is 2.93. The smallest absolute Gasteiger partial charge is 0.116 e. The van der Waals surface area contributed by atoms with Gasteiger partial charge in [-0.2, -0.15) is 0 Å². The van der Waals surface area contributed by atoms with Crippen molar-refractivity contribution >= 4 is 0 Å². The van der Waals surface area contributed by atoms with Crippen LogP contribution in [0, 0.1) is 0 Å². The zero-order valence-electron chi connectivity index (χ0n) is 20.3. The van der Waals surface area contributed by atoms with Gasteiger partial charge in [0.2, 0.25) is 0 Å². The Morgan fingerprint density at radius 2 is 0.861 bits per heavy atom. The highest BCUT2D eigenvalue weighted by atomic mass is 16.6. The molecule has 0 spiro atoms. The lowest BCUT2D eigenvalue weighted by atomic mass is 9.84. The van der Waals surface area contributed by atoms with Gasteiger partial charge in [-0.25, -0.2) is 0 Å². The molecule has 4 rings (SSSR count). The van der Waals surface area contributed by atoms with E-state index in [2.05, 4.69) is 6.58 Å². The summed E-state index contributed by atoms with van der Waals surface area (Å²) in [4.78, 5) is 0. The minimum absolute atomic E-state index is 0.195. The Morgan fingerprint density at radius 1 is 0.528 bits per heavy atom. The predicted molar refractivity (Wildman–Crippen MR) is 137 cm³/mol. The van der Waals surface area contributed by atoms with Gasteiger partial charge in [0.25, 0.3) is 0 Å². The molecular weight excluding hydrogens is 456 g/mol. The monoisotopic (exact) mass is 490 g/mol. The first-order chi connectivity index (χ1) is 17.7. The highest BCUT2D eigenvalue weighted by Crippen LogP contribution is 2.32. The molecule has 3 aromatic rings. The van der Waals surface area contributed by atoms with E-state index in [1.54, 1.807) is 6.08 Å². The first-order valence-corrected chi connectivity index (χ1v) is 12.2. The van der Waals surface area contributed by atoms with E-state index in [1.807, 2.05) is 91.0 Å². The molecule has 6 heteroatoms. The molecule has 6 nitrogen and oxygen atoms in total. The first kappa shape index (κ1) is 26.2. The minimum atomic E-state index is -1.24. The molecule has 3 aromatic carbocycles. The second-order valence-corrected chi connectivity index (χ2v) is 8.85. The second kappa shape index (κ2) is 13.5. The molecule has 0 amide bonds. The molecule has 1 saturated carbocycles. The SMILES string of the molecule is C=CCO[C@@H]1[C@H](O)[C@H](O)[C@H](OCc2ccccc2)[C@H](OCc2ccccc2)[C@@H]1OCc1ccccc1. The fourth-order valence-corrected chi connectivity index (χ4v) is 4.40. The molecule has 0 unspecified atom stereocenters. The summed E-state index contributed by atoms with van der Waals surface area (Å²) in [6.07, 6.45) is -3.94. The van der Waals surface area contributed by atoms with Crippen molar-refractivity contribution in [3.8, 4) is 0 Å². The van der Waals surface area contributed by atoms with E-state index in [1.165, 1.54) is 0 Å². The summed E-state index contributed by atoms with van der Waals surface area (Å²) in [6.45, 7) is 4.75. The topological polar surface area (TPSA) is 77.4 Å². The van der Waals surface area contributed by atoms with E-state index in [0.29, 0.717) is 13.2 Å². The molecule has 1 fully saturated rings. The summed E-state index contributed by atoms with van der Waals surface area (Å²) in [6, 6.07) is 29.2. The summed E-state index contributed by atoms with van der Waals surface area (Å²) < 4.78 is 24.8. The van der Waals surface area contributed by atoms with Gasteiger partial charge in [-0.05, 0) is 16.7 Å². The van der Waals surface area contributed by atoms with E-state index in [9.17, 15) is 10.2 Å². The van der Waals surface area contributed by atoms with Gasteiger partial charge in [0.05, 0.1) is 26.4 Å². The molecule has 0 aliphatic heterocycles. The number of rotatable bonds is 12. The lowest BCUT2D eigenvalue weighted by Crippen LogP contribution is -2.66. The normalized spacial score (nSPS) is 25.9. The fourth-order valence-electron chi connectivity index (χ4n) is 4.40. The highest BCUT2D eigenvalue weighted by Gasteiger charge is 2.52. The number of aliphatic hydroxyl groups excluding tert-OH is 2. The number of hydrogen-bond donors (Lipinski definition) is 2. The van der Waals surface area contributed by atoms with E-state index in [0.717, 1.165) is 16.7 Å². The van der Waals surface area contributed by atoms with Crippen molar-refractivity contribution in [1.29, 1.82) is 0 Å². The molecule has 36 heavy (non-hydrogen) atoms. The van der Waals surface area contributed by atoms with Gasteiger partial charge in [0, 0.05) is 0 Å². The highest BCUT2D eigenvalue weighted by molar-refractivity contribution is 5.16. The van der Waals surface area contributed by atoms with E-state index >= 15 is 0 Å². The fraction of sp³-hybridized carbons (Fsp3) is 0.333. The van der Waals surface area contributed by atoms with Gasteiger partial charge in [-0.1, -0.05) is 97.1 Å². The molecule has 2 N–H and O–H groups in total. The van der Waals surface area contributed by atoms with Crippen LogP contribution in [0.3, 0.4) is 0 Å². The van der Waals surface area contributed by atoms with Crippen molar-refractivity contribution in [1.82, 2.24) is 0 Å². The first-order valence-electron chi connectivity index (χ1n) is 12.2. The summed E-state index contributed by atoms with van der Waals surface area (Å²) in [5, 5.41) is 22.2. The maximum Gasteiger partial charge on any atom is 0.116 e. The van der Waals surface area contributed by atoms with Crippen molar-refractivity contribution in [2.75, 3.05) is 6.61 Å². The van der Waals surface area contributed by atoms with Gasteiger partial charge in [0.1, 0.15) is 36.6 Å². The van der Waals surface area contributed by atoms with Crippen LogP contribution in [0.25, 0.3) is 0 Å². The lowest BCUT2D eigenvalue weighted by Gasteiger charge is -2.47. The van der Waals surface area contributed by atoms with Crippen molar-refractivity contribution in [2.45, 2.75) is 56.4 Å². The van der Waals surface area contributed by atoms with E-state index in [4.69, 9.17) is 18.9 Å². The predicted octanol–water partition coefficient (Wildman–Crippen LogP) is 4.05. The Hall–Kier alpha value is -2.84. The minimum Gasteiger partial charge on any atom is -0.387 e. The third-order valence-corrected chi connectivity index (χ3v) is 6.26. The third kappa shape index (κ3) is 6.89. The Morgan fingerprint density at radius 3 is 1.22 bits per heavy atom. The Balaban J connectivity index is 1.60.